The van der Waals surface area contributed by atoms with Crippen LogP contribution in [-0.2, 0) is 13.2 Å². The normalized spacial score (nSPS) is 16.0. The number of likely N-dealkylation sites (tertiary alicyclic amines) is 1. The molecule has 0 saturated carbocycles. The number of aliphatic hydroxyl groups excluding tert-OH is 1. The molecular weight excluding hydrogens is 444 g/mol. The Labute approximate surface area is 188 Å². The molecule has 1 aromatic heterocycles. The Hall–Kier alpha value is -2.68. The van der Waals surface area contributed by atoms with Crippen LogP contribution in [0.4, 0.5) is 14.9 Å². The van der Waals surface area contributed by atoms with Crippen LogP contribution in [0.1, 0.15) is 36.1 Å². The molecule has 2 aromatic carbocycles. The number of nitrogens with zero attached hydrogens (tertiary/aromatic N) is 4. The first-order valence-corrected chi connectivity index (χ1v) is 10.5. The lowest BCUT2D eigenvalue weighted by molar-refractivity contribution is 0.203. The highest BCUT2D eigenvalue weighted by atomic mass is 35.5. The van der Waals surface area contributed by atoms with Crippen LogP contribution < -0.4 is 5.32 Å². The molecule has 2 heterocycles. The molecule has 1 fully saturated rings. The number of amides is 2. The molecule has 1 aliphatic heterocycles. The van der Waals surface area contributed by atoms with Crippen LogP contribution in [0.15, 0.2) is 42.5 Å². The molecule has 31 heavy (non-hydrogen) atoms. The van der Waals surface area contributed by atoms with Gasteiger partial charge < -0.3 is 19.9 Å². The van der Waals surface area contributed by atoms with Crippen LogP contribution in [0.2, 0.25) is 10.0 Å². The quantitative estimate of drug-likeness (QED) is 0.577. The lowest BCUT2D eigenvalue weighted by Crippen LogP contribution is -2.36. The van der Waals surface area contributed by atoms with Gasteiger partial charge in [0.15, 0.2) is 11.6 Å². The Balaban J connectivity index is 1.58. The van der Waals surface area contributed by atoms with Gasteiger partial charge in [0.05, 0.1) is 18.3 Å². The average Bonchev–Trinajstić information content (AvgIpc) is 3.38. The number of rotatable bonds is 5. The van der Waals surface area contributed by atoms with E-state index in [9.17, 15) is 14.3 Å². The summed E-state index contributed by atoms with van der Waals surface area (Å²) < 4.78 is 15.9. The third kappa shape index (κ3) is 4.66. The van der Waals surface area contributed by atoms with Crippen molar-refractivity contribution in [1.82, 2.24) is 19.7 Å². The minimum absolute atomic E-state index is 0.0544. The Morgan fingerprint density at radius 3 is 2.61 bits per heavy atom. The maximum absolute atomic E-state index is 14.1. The first-order chi connectivity index (χ1) is 15.0. The summed E-state index contributed by atoms with van der Waals surface area (Å²) >= 11 is 11.8. The van der Waals surface area contributed by atoms with Gasteiger partial charge in [-0.05, 0) is 48.7 Å². The number of anilines is 1. The maximum Gasteiger partial charge on any atom is 0.322 e. The van der Waals surface area contributed by atoms with E-state index in [1.165, 1.54) is 12.1 Å². The van der Waals surface area contributed by atoms with E-state index in [-0.39, 0.29) is 23.4 Å². The van der Waals surface area contributed by atoms with Gasteiger partial charge in [-0.15, -0.1) is 10.2 Å². The van der Waals surface area contributed by atoms with E-state index in [0.29, 0.717) is 36.2 Å². The lowest BCUT2D eigenvalue weighted by atomic mass is 10.2. The van der Waals surface area contributed by atoms with Crippen molar-refractivity contribution in [2.24, 2.45) is 0 Å². The number of aromatic nitrogens is 3. The highest BCUT2D eigenvalue weighted by Crippen LogP contribution is 2.32. The van der Waals surface area contributed by atoms with Gasteiger partial charge in [0.1, 0.15) is 12.4 Å². The highest BCUT2D eigenvalue weighted by Gasteiger charge is 2.34. The zero-order chi connectivity index (χ0) is 22.0. The first-order valence-electron chi connectivity index (χ1n) is 9.76. The Kier molecular flexibility index (Phi) is 6.41. The van der Waals surface area contributed by atoms with E-state index in [2.05, 4.69) is 15.5 Å². The maximum atomic E-state index is 14.1. The van der Waals surface area contributed by atoms with Gasteiger partial charge in [0.2, 0.25) is 0 Å². The molecule has 0 spiro atoms. The standard InChI is InChI=1S/C21H20Cl2FN5O2/c22-14-5-3-13(4-6-14)11-29-19(12-30)26-27-20(29)18-2-1-9-28(18)21(31)25-17-8-7-15(23)10-16(17)24/h3-8,10,18,30H,1-2,9,11-12H2,(H,25,31)/t18-/m1/s1. The van der Waals surface area contributed by atoms with Gasteiger partial charge in [-0.2, -0.15) is 0 Å². The van der Waals surface area contributed by atoms with Crippen molar-refractivity contribution >= 4 is 34.9 Å². The Morgan fingerprint density at radius 1 is 1.16 bits per heavy atom. The largest absolute Gasteiger partial charge is 0.388 e. The number of hydrogen-bond donors (Lipinski definition) is 2. The van der Waals surface area contributed by atoms with Crippen molar-refractivity contribution in [3.63, 3.8) is 0 Å². The summed E-state index contributed by atoms with van der Waals surface area (Å²) in [5.41, 5.74) is 1.01. The SMILES string of the molecule is O=C(Nc1ccc(Cl)cc1F)N1CCC[C@@H]1c1nnc(CO)n1Cc1ccc(Cl)cc1. The fraction of sp³-hybridized carbons (Fsp3) is 0.286. The Morgan fingerprint density at radius 2 is 1.90 bits per heavy atom. The summed E-state index contributed by atoms with van der Waals surface area (Å²) in [6.45, 7) is 0.636. The van der Waals surface area contributed by atoms with Crippen molar-refractivity contribution in [2.45, 2.75) is 32.0 Å². The summed E-state index contributed by atoms with van der Waals surface area (Å²) in [6.07, 6.45) is 1.45. The van der Waals surface area contributed by atoms with Crippen LogP contribution >= 0.6 is 23.2 Å². The fourth-order valence-electron chi connectivity index (χ4n) is 3.71. The second-order valence-corrected chi connectivity index (χ2v) is 8.12. The first kappa shape index (κ1) is 21.5. The van der Waals surface area contributed by atoms with E-state index < -0.39 is 11.8 Å². The molecule has 7 nitrogen and oxygen atoms in total. The molecule has 1 saturated heterocycles. The number of urea groups is 1. The van der Waals surface area contributed by atoms with E-state index in [0.717, 1.165) is 18.1 Å². The van der Waals surface area contributed by atoms with Gasteiger partial charge in [0.25, 0.3) is 0 Å². The van der Waals surface area contributed by atoms with Crippen molar-refractivity contribution in [2.75, 3.05) is 11.9 Å². The minimum atomic E-state index is -0.606. The number of nitrogens with one attached hydrogen (secondary N) is 1. The molecule has 1 aliphatic rings. The zero-order valence-corrected chi connectivity index (χ0v) is 17.9. The smallest absolute Gasteiger partial charge is 0.322 e. The van der Waals surface area contributed by atoms with E-state index >= 15 is 0 Å². The van der Waals surface area contributed by atoms with Crippen LogP contribution in [0.25, 0.3) is 0 Å². The topological polar surface area (TPSA) is 83.3 Å². The number of carbonyl (C=O) groups is 1. The molecule has 162 valence electrons. The third-order valence-electron chi connectivity index (χ3n) is 5.24. The molecule has 1 atom stereocenters. The van der Waals surface area contributed by atoms with Crippen LogP contribution in [-0.4, -0.2) is 37.3 Å². The predicted octanol–water partition coefficient (Wildman–Crippen LogP) is 4.63. The van der Waals surface area contributed by atoms with Crippen molar-refractivity contribution in [3.8, 4) is 0 Å². The summed E-state index contributed by atoms with van der Waals surface area (Å²) in [5.74, 6) is 0.370. The number of carbonyl (C=O) groups excluding carboxylic acids is 1. The van der Waals surface area contributed by atoms with Crippen molar-refractivity contribution in [3.05, 3.63) is 75.5 Å². The second kappa shape index (κ2) is 9.21. The van der Waals surface area contributed by atoms with Crippen molar-refractivity contribution in [1.29, 1.82) is 0 Å². The lowest BCUT2D eigenvalue weighted by Gasteiger charge is -2.25. The molecule has 0 bridgehead atoms. The zero-order valence-electron chi connectivity index (χ0n) is 16.4. The molecule has 4 rings (SSSR count). The van der Waals surface area contributed by atoms with Gasteiger partial charge in [-0.1, -0.05) is 35.3 Å². The predicted molar refractivity (Wildman–Crippen MR) is 116 cm³/mol. The number of aliphatic hydroxyl groups is 1. The van der Waals surface area contributed by atoms with Crippen LogP contribution in [0.5, 0.6) is 0 Å². The molecule has 3 aromatic rings. The molecule has 10 heteroatoms. The fourth-order valence-corrected chi connectivity index (χ4v) is 4.00. The number of hydrogen-bond acceptors (Lipinski definition) is 4. The highest BCUT2D eigenvalue weighted by molar-refractivity contribution is 6.30. The van der Waals surface area contributed by atoms with Crippen molar-refractivity contribution < 1.29 is 14.3 Å². The number of halogens is 3. The van der Waals surface area contributed by atoms with Gasteiger partial charge in [0, 0.05) is 16.6 Å². The van der Waals surface area contributed by atoms with Crippen LogP contribution in [0.3, 0.4) is 0 Å². The van der Waals surface area contributed by atoms with E-state index in [1.807, 2.05) is 16.7 Å². The van der Waals surface area contributed by atoms with E-state index in [1.54, 1.807) is 17.0 Å². The molecule has 0 aliphatic carbocycles. The van der Waals surface area contributed by atoms with E-state index in [4.69, 9.17) is 23.2 Å². The summed E-state index contributed by atoms with van der Waals surface area (Å²) in [5, 5.41) is 21.6. The van der Waals surface area contributed by atoms with Gasteiger partial charge >= 0.3 is 6.03 Å². The van der Waals surface area contributed by atoms with Crippen LogP contribution in [0, 0.1) is 5.82 Å². The Bertz CT molecular complexity index is 1090. The summed E-state index contributed by atoms with van der Waals surface area (Å²) in [4.78, 5) is 14.5. The third-order valence-corrected chi connectivity index (χ3v) is 5.72. The number of benzene rings is 2. The average molecular weight is 464 g/mol. The van der Waals surface area contributed by atoms with Gasteiger partial charge in [-0.25, -0.2) is 9.18 Å². The monoisotopic (exact) mass is 463 g/mol. The van der Waals surface area contributed by atoms with Gasteiger partial charge in [-0.3, -0.25) is 0 Å². The molecule has 0 radical (unpaired) electrons. The minimum Gasteiger partial charge on any atom is -0.388 e. The molecule has 2 amide bonds. The second-order valence-electron chi connectivity index (χ2n) is 7.25. The molecule has 2 N–H and O–H groups in total. The molecule has 0 unspecified atom stereocenters. The summed E-state index contributed by atoms with van der Waals surface area (Å²) in [7, 11) is 0. The summed E-state index contributed by atoms with van der Waals surface area (Å²) in [6, 6.07) is 10.6. The molecular formula is C21H20Cl2FN5O2.